The van der Waals surface area contributed by atoms with Gasteiger partial charge in [0, 0.05) is 0 Å². The minimum Gasteiger partial charge on any atom is -0.301 e. The van der Waals surface area contributed by atoms with Crippen LogP contribution in [0.5, 0.6) is 0 Å². The summed E-state index contributed by atoms with van der Waals surface area (Å²) in [5.74, 6) is 0.847. The van der Waals surface area contributed by atoms with E-state index in [4.69, 9.17) is 5.26 Å². The van der Waals surface area contributed by atoms with E-state index in [1.165, 1.54) is 12.8 Å². The van der Waals surface area contributed by atoms with E-state index in [-0.39, 0.29) is 0 Å². The maximum Gasteiger partial charge on any atom is 0.213 e. The number of hydrogen-bond donors (Lipinski definition) is 1. The summed E-state index contributed by atoms with van der Waals surface area (Å²) in [4.78, 5) is 4.19. The van der Waals surface area contributed by atoms with Crippen LogP contribution in [0.3, 0.4) is 0 Å². The fraction of sp³-hybridized carbons (Fsp3) is 1.00. The molecule has 0 unspecified atom stereocenters. The lowest BCUT2D eigenvalue weighted by Crippen LogP contribution is -2.50. The molecule has 1 heterocycles. The molecule has 0 bridgehead atoms. The fourth-order valence-electron chi connectivity index (χ4n) is 1.59. The molecule has 66 valence electrons. The lowest BCUT2D eigenvalue weighted by Gasteiger charge is -2.38. The summed E-state index contributed by atoms with van der Waals surface area (Å²) >= 11 is 0. The third-order valence-electron chi connectivity index (χ3n) is 2.69. The fourth-order valence-corrected chi connectivity index (χ4v) is 1.59. The van der Waals surface area contributed by atoms with Gasteiger partial charge in [0.1, 0.15) is 0 Å². The number of piperidine rings is 1. The van der Waals surface area contributed by atoms with Gasteiger partial charge < -0.3 is 4.48 Å². The molecule has 1 fully saturated rings. The van der Waals surface area contributed by atoms with Gasteiger partial charge in [-0.25, -0.2) is 5.26 Å². The van der Waals surface area contributed by atoms with Gasteiger partial charge in [0.05, 0.1) is 20.1 Å². The van der Waals surface area contributed by atoms with Gasteiger partial charge in [-0.2, -0.15) is 4.89 Å². The van der Waals surface area contributed by atoms with E-state index in [0.29, 0.717) is 6.73 Å². The smallest absolute Gasteiger partial charge is 0.213 e. The number of likely N-dealkylation sites (tertiary alicyclic amines) is 1. The normalized spacial score (nSPS) is 39.0. The second-order valence-corrected chi connectivity index (χ2v) is 4.01. The Kier molecular flexibility index (Phi) is 2.87. The Morgan fingerprint density at radius 1 is 1.45 bits per heavy atom. The molecule has 3 heteroatoms. The standard InChI is InChI=1S/C8H17NO2/c1-8-3-5-9(2,6-4-8)7-11-10/h8H,3-7H2,1-2H3/p+1. The molecule has 0 aromatic carbocycles. The molecular formula is C8H18NO2+. The van der Waals surface area contributed by atoms with Gasteiger partial charge in [0.2, 0.25) is 6.73 Å². The zero-order valence-electron chi connectivity index (χ0n) is 7.42. The molecule has 0 radical (unpaired) electrons. The van der Waals surface area contributed by atoms with Crippen molar-refractivity contribution < 1.29 is 14.6 Å². The van der Waals surface area contributed by atoms with Gasteiger partial charge in [0.15, 0.2) is 0 Å². The Morgan fingerprint density at radius 2 is 2.00 bits per heavy atom. The van der Waals surface area contributed by atoms with Crippen LogP contribution in [0.2, 0.25) is 0 Å². The Hall–Kier alpha value is -0.120. The van der Waals surface area contributed by atoms with Crippen LogP contribution >= 0.6 is 0 Å². The van der Waals surface area contributed by atoms with Gasteiger partial charge in [-0.3, -0.25) is 0 Å². The number of quaternary nitrogens is 1. The first kappa shape index (κ1) is 8.97. The third kappa shape index (κ3) is 2.43. The van der Waals surface area contributed by atoms with Crippen LogP contribution in [-0.4, -0.2) is 36.6 Å². The van der Waals surface area contributed by atoms with Gasteiger partial charge >= 0.3 is 0 Å². The predicted molar refractivity (Wildman–Crippen MR) is 42.9 cm³/mol. The molecule has 0 aromatic rings. The first-order valence-corrected chi connectivity index (χ1v) is 4.26. The molecule has 0 amide bonds. The Balaban J connectivity index is 2.35. The highest BCUT2D eigenvalue weighted by atomic mass is 17.1. The molecule has 0 aliphatic carbocycles. The third-order valence-corrected chi connectivity index (χ3v) is 2.69. The second-order valence-electron chi connectivity index (χ2n) is 4.01. The molecule has 1 saturated heterocycles. The van der Waals surface area contributed by atoms with E-state index in [1.807, 2.05) is 0 Å². The second kappa shape index (κ2) is 3.52. The Morgan fingerprint density at radius 3 is 2.45 bits per heavy atom. The molecule has 11 heavy (non-hydrogen) atoms. The van der Waals surface area contributed by atoms with Crippen LogP contribution < -0.4 is 0 Å². The highest BCUT2D eigenvalue weighted by molar-refractivity contribution is 4.57. The SMILES string of the molecule is CC1CC[N+](C)(COO)CC1. The zero-order chi connectivity index (χ0) is 8.32. The summed E-state index contributed by atoms with van der Waals surface area (Å²) < 4.78 is 0.862. The molecule has 0 aromatic heterocycles. The van der Waals surface area contributed by atoms with Crippen molar-refractivity contribution in [2.24, 2.45) is 5.92 Å². The maximum absolute atomic E-state index is 8.33. The average molecular weight is 160 g/mol. The van der Waals surface area contributed by atoms with Crippen LogP contribution in [-0.2, 0) is 4.89 Å². The number of nitrogens with zero attached hydrogens (tertiary/aromatic N) is 1. The van der Waals surface area contributed by atoms with Crippen molar-refractivity contribution >= 4 is 0 Å². The van der Waals surface area contributed by atoms with Crippen molar-refractivity contribution in [2.45, 2.75) is 19.8 Å². The van der Waals surface area contributed by atoms with Crippen LogP contribution in [0.1, 0.15) is 19.8 Å². The van der Waals surface area contributed by atoms with Gasteiger partial charge in [0.25, 0.3) is 0 Å². The first-order valence-electron chi connectivity index (χ1n) is 4.26. The van der Waals surface area contributed by atoms with Crippen molar-refractivity contribution in [3.8, 4) is 0 Å². The minimum atomic E-state index is 0.437. The summed E-state index contributed by atoms with van der Waals surface area (Å²) in [6.07, 6.45) is 2.50. The highest BCUT2D eigenvalue weighted by Gasteiger charge is 2.27. The quantitative estimate of drug-likeness (QED) is 0.375. The predicted octanol–water partition coefficient (Wildman–Crippen LogP) is 1.31. The summed E-state index contributed by atoms with van der Waals surface area (Å²) in [6.45, 7) is 4.97. The van der Waals surface area contributed by atoms with E-state index < -0.39 is 0 Å². The molecule has 1 N–H and O–H groups in total. The van der Waals surface area contributed by atoms with Crippen LogP contribution in [0.15, 0.2) is 0 Å². The summed E-state index contributed by atoms with van der Waals surface area (Å²) in [5, 5.41) is 8.33. The molecule has 1 rings (SSSR count). The summed E-state index contributed by atoms with van der Waals surface area (Å²) in [5.41, 5.74) is 0. The Bertz CT molecular complexity index is 119. The van der Waals surface area contributed by atoms with E-state index >= 15 is 0 Å². The number of hydrogen-bond acceptors (Lipinski definition) is 2. The average Bonchev–Trinajstić information content (AvgIpc) is 1.97. The molecular weight excluding hydrogens is 142 g/mol. The minimum absolute atomic E-state index is 0.437. The molecule has 1 aliphatic rings. The van der Waals surface area contributed by atoms with E-state index in [2.05, 4.69) is 18.9 Å². The van der Waals surface area contributed by atoms with Crippen molar-refractivity contribution in [1.29, 1.82) is 0 Å². The molecule has 0 saturated carbocycles. The lowest BCUT2D eigenvalue weighted by atomic mass is 9.98. The van der Waals surface area contributed by atoms with E-state index in [9.17, 15) is 0 Å². The topological polar surface area (TPSA) is 29.5 Å². The van der Waals surface area contributed by atoms with Crippen LogP contribution in [0.4, 0.5) is 0 Å². The lowest BCUT2D eigenvalue weighted by molar-refractivity contribution is -0.941. The molecule has 0 spiro atoms. The monoisotopic (exact) mass is 160 g/mol. The van der Waals surface area contributed by atoms with Gasteiger partial charge in [-0.15, -0.1) is 0 Å². The van der Waals surface area contributed by atoms with E-state index in [1.54, 1.807) is 0 Å². The van der Waals surface area contributed by atoms with Crippen molar-refractivity contribution in [3.63, 3.8) is 0 Å². The van der Waals surface area contributed by atoms with E-state index in [0.717, 1.165) is 23.5 Å². The molecule has 1 aliphatic heterocycles. The van der Waals surface area contributed by atoms with Crippen molar-refractivity contribution in [3.05, 3.63) is 0 Å². The molecule has 3 nitrogen and oxygen atoms in total. The van der Waals surface area contributed by atoms with Crippen LogP contribution in [0.25, 0.3) is 0 Å². The van der Waals surface area contributed by atoms with Gasteiger partial charge in [-0.05, 0) is 18.8 Å². The van der Waals surface area contributed by atoms with Crippen molar-refractivity contribution in [1.82, 2.24) is 0 Å². The first-order chi connectivity index (χ1) is 5.16. The summed E-state index contributed by atoms with van der Waals surface area (Å²) in [7, 11) is 2.13. The largest absolute Gasteiger partial charge is 0.301 e. The molecule has 0 atom stereocenters. The van der Waals surface area contributed by atoms with Crippen molar-refractivity contribution in [2.75, 3.05) is 26.9 Å². The van der Waals surface area contributed by atoms with Gasteiger partial charge in [-0.1, -0.05) is 6.92 Å². The maximum atomic E-state index is 8.33. The van der Waals surface area contributed by atoms with Crippen LogP contribution in [0, 0.1) is 5.92 Å². The summed E-state index contributed by atoms with van der Waals surface area (Å²) in [6, 6.07) is 0. The zero-order valence-corrected chi connectivity index (χ0v) is 7.42. The highest BCUT2D eigenvalue weighted by Crippen LogP contribution is 2.20. The number of rotatable bonds is 2. The Labute approximate surface area is 68.1 Å².